The van der Waals surface area contributed by atoms with Crippen molar-refractivity contribution < 1.29 is 19.1 Å². The third kappa shape index (κ3) is 4.05. The SMILES string of the molecule is CCc1cc(C2CC2)c(C(=O)O)cc1C(=O)N1CCC(F)(c2ccc(C#N)cc2)CC1. The van der Waals surface area contributed by atoms with E-state index in [1.807, 2.05) is 19.1 Å². The molecule has 6 heteroatoms. The van der Waals surface area contributed by atoms with Gasteiger partial charge >= 0.3 is 5.97 Å². The van der Waals surface area contributed by atoms with Crippen LogP contribution in [0.15, 0.2) is 36.4 Å². The largest absolute Gasteiger partial charge is 0.478 e. The molecule has 0 spiro atoms. The maximum absolute atomic E-state index is 15.5. The summed E-state index contributed by atoms with van der Waals surface area (Å²) in [4.78, 5) is 26.7. The lowest BCUT2D eigenvalue weighted by atomic mass is 9.85. The zero-order valence-corrected chi connectivity index (χ0v) is 17.5. The van der Waals surface area contributed by atoms with Gasteiger partial charge in [0.2, 0.25) is 0 Å². The average molecular weight is 420 g/mol. The molecule has 0 aromatic heterocycles. The van der Waals surface area contributed by atoms with E-state index in [-0.39, 0.29) is 43.3 Å². The van der Waals surface area contributed by atoms with Crippen LogP contribution in [-0.4, -0.2) is 35.0 Å². The fourth-order valence-corrected chi connectivity index (χ4v) is 4.44. The molecule has 1 saturated carbocycles. The predicted octanol–water partition coefficient (Wildman–Crippen LogP) is 4.80. The topological polar surface area (TPSA) is 81.4 Å². The molecule has 0 unspecified atom stereocenters. The number of nitrogens with zero attached hydrogens (tertiary/aromatic N) is 2. The number of carboxylic acids is 1. The molecule has 0 atom stereocenters. The van der Waals surface area contributed by atoms with Gasteiger partial charge in [0.05, 0.1) is 17.2 Å². The number of amides is 1. The van der Waals surface area contributed by atoms with E-state index in [4.69, 9.17) is 5.26 Å². The minimum absolute atomic E-state index is 0.165. The summed E-state index contributed by atoms with van der Waals surface area (Å²) in [5.74, 6) is -0.973. The van der Waals surface area contributed by atoms with Crippen molar-refractivity contribution >= 4 is 11.9 Å². The lowest BCUT2D eigenvalue weighted by molar-refractivity contribution is 0.0420. The Morgan fingerprint density at radius 1 is 1.16 bits per heavy atom. The molecule has 0 bridgehead atoms. The summed E-state index contributed by atoms with van der Waals surface area (Å²) in [6, 6.07) is 11.9. The number of likely N-dealkylation sites (tertiary alicyclic amines) is 1. The van der Waals surface area contributed by atoms with Crippen LogP contribution in [-0.2, 0) is 12.1 Å². The van der Waals surface area contributed by atoms with Crippen molar-refractivity contribution in [2.24, 2.45) is 0 Å². The van der Waals surface area contributed by atoms with Crippen LogP contribution in [0.3, 0.4) is 0 Å². The minimum atomic E-state index is -1.54. The van der Waals surface area contributed by atoms with E-state index in [9.17, 15) is 14.7 Å². The second-order valence-electron chi connectivity index (χ2n) is 8.48. The number of hydrogen-bond acceptors (Lipinski definition) is 3. The number of carbonyl (C=O) groups excluding carboxylic acids is 1. The van der Waals surface area contributed by atoms with Crippen molar-refractivity contribution in [1.29, 1.82) is 5.26 Å². The van der Waals surface area contributed by atoms with Crippen LogP contribution in [0.2, 0.25) is 0 Å². The molecule has 2 aromatic carbocycles. The first-order valence-corrected chi connectivity index (χ1v) is 10.7. The number of hydrogen-bond donors (Lipinski definition) is 1. The third-order valence-electron chi connectivity index (χ3n) is 6.51. The van der Waals surface area contributed by atoms with Crippen LogP contribution in [0.25, 0.3) is 0 Å². The average Bonchev–Trinajstić information content (AvgIpc) is 3.63. The first-order chi connectivity index (χ1) is 14.9. The van der Waals surface area contributed by atoms with Crippen molar-refractivity contribution in [3.05, 3.63) is 69.8 Å². The molecular weight excluding hydrogens is 395 g/mol. The van der Waals surface area contributed by atoms with Gasteiger partial charge in [-0.15, -0.1) is 0 Å². The van der Waals surface area contributed by atoms with E-state index in [1.54, 1.807) is 29.2 Å². The molecule has 1 amide bonds. The predicted molar refractivity (Wildman–Crippen MR) is 114 cm³/mol. The van der Waals surface area contributed by atoms with E-state index < -0.39 is 11.6 Å². The van der Waals surface area contributed by atoms with Gasteiger partial charge in [0.1, 0.15) is 5.67 Å². The molecule has 160 valence electrons. The summed E-state index contributed by atoms with van der Waals surface area (Å²) in [7, 11) is 0. The molecule has 0 radical (unpaired) electrons. The molecule has 1 aliphatic carbocycles. The van der Waals surface area contributed by atoms with Gasteiger partial charge in [0, 0.05) is 31.5 Å². The molecular formula is C25H25FN2O3. The Balaban J connectivity index is 1.55. The van der Waals surface area contributed by atoms with Gasteiger partial charge in [-0.3, -0.25) is 4.79 Å². The van der Waals surface area contributed by atoms with Crippen molar-refractivity contribution in [2.75, 3.05) is 13.1 Å². The molecule has 1 heterocycles. The number of benzene rings is 2. The minimum Gasteiger partial charge on any atom is -0.478 e. The van der Waals surface area contributed by atoms with Crippen LogP contribution < -0.4 is 0 Å². The van der Waals surface area contributed by atoms with Crippen molar-refractivity contribution in [3.63, 3.8) is 0 Å². The first kappa shape index (κ1) is 21.0. The maximum Gasteiger partial charge on any atom is 0.335 e. The Morgan fingerprint density at radius 3 is 2.32 bits per heavy atom. The first-order valence-electron chi connectivity index (χ1n) is 10.7. The summed E-state index contributed by atoms with van der Waals surface area (Å²) in [5, 5.41) is 18.6. The van der Waals surface area contributed by atoms with E-state index in [0.29, 0.717) is 23.1 Å². The fraction of sp³-hybridized carbons (Fsp3) is 0.400. The Kier molecular flexibility index (Phi) is 5.53. The molecule has 2 fully saturated rings. The van der Waals surface area contributed by atoms with E-state index in [0.717, 1.165) is 24.0 Å². The van der Waals surface area contributed by atoms with Gasteiger partial charge in [-0.05, 0) is 60.1 Å². The van der Waals surface area contributed by atoms with Gasteiger partial charge in [0.25, 0.3) is 5.91 Å². The molecule has 1 N–H and O–H groups in total. The highest BCUT2D eigenvalue weighted by atomic mass is 19.1. The molecule has 5 nitrogen and oxygen atoms in total. The number of rotatable bonds is 5. The van der Waals surface area contributed by atoms with E-state index in [2.05, 4.69) is 0 Å². The molecule has 2 aromatic rings. The second-order valence-corrected chi connectivity index (χ2v) is 8.48. The Labute approximate surface area is 181 Å². The summed E-state index contributed by atoms with van der Waals surface area (Å²) in [5.41, 5.74) is 1.75. The summed E-state index contributed by atoms with van der Waals surface area (Å²) in [6.07, 6.45) is 2.93. The number of carboxylic acid groups (broad SMARTS) is 1. The summed E-state index contributed by atoms with van der Waals surface area (Å²) >= 11 is 0. The number of alkyl halides is 1. The number of aryl methyl sites for hydroxylation is 1. The van der Waals surface area contributed by atoms with E-state index >= 15 is 4.39 Å². The smallest absolute Gasteiger partial charge is 0.335 e. The fourth-order valence-electron chi connectivity index (χ4n) is 4.44. The highest BCUT2D eigenvalue weighted by Crippen LogP contribution is 2.43. The zero-order valence-electron chi connectivity index (χ0n) is 17.5. The van der Waals surface area contributed by atoms with E-state index in [1.165, 1.54) is 6.07 Å². The van der Waals surface area contributed by atoms with Gasteiger partial charge in [-0.2, -0.15) is 5.26 Å². The molecule has 1 aliphatic heterocycles. The van der Waals surface area contributed by atoms with Gasteiger partial charge in [-0.1, -0.05) is 25.1 Å². The van der Waals surface area contributed by atoms with Crippen LogP contribution in [0, 0.1) is 11.3 Å². The van der Waals surface area contributed by atoms with Gasteiger partial charge < -0.3 is 10.0 Å². The lowest BCUT2D eigenvalue weighted by Crippen LogP contribution is -2.43. The van der Waals surface area contributed by atoms with Crippen LogP contribution in [0.1, 0.15) is 81.5 Å². The van der Waals surface area contributed by atoms with Crippen LogP contribution >= 0.6 is 0 Å². The number of aromatic carboxylic acids is 1. The maximum atomic E-state index is 15.5. The zero-order chi connectivity index (χ0) is 22.2. The van der Waals surface area contributed by atoms with Gasteiger partial charge in [-0.25, -0.2) is 9.18 Å². The highest BCUT2D eigenvalue weighted by Gasteiger charge is 2.38. The molecule has 1 saturated heterocycles. The van der Waals surface area contributed by atoms with Gasteiger partial charge in [0.15, 0.2) is 0 Å². The number of nitriles is 1. The summed E-state index contributed by atoms with van der Waals surface area (Å²) in [6.45, 7) is 2.47. The normalized spacial score (nSPS) is 17.8. The van der Waals surface area contributed by atoms with Crippen LogP contribution in [0.5, 0.6) is 0 Å². The Morgan fingerprint density at radius 2 is 1.81 bits per heavy atom. The number of halogens is 1. The molecule has 2 aliphatic rings. The molecule has 31 heavy (non-hydrogen) atoms. The number of carbonyl (C=O) groups is 2. The third-order valence-corrected chi connectivity index (χ3v) is 6.51. The quantitative estimate of drug-likeness (QED) is 0.754. The molecule has 4 rings (SSSR count). The van der Waals surface area contributed by atoms with Crippen molar-refractivity contribution in [3.8, 4) is 6.07 Å². The summed E-state index contributed by atoms with van der Waals surface area (Å²) < 4.78 is 15.5. The standard InChI is InChI=1S/C25H25FN2O3/c1-2-17-13-20(18-5-6-18)22(24(30)31)14-21(17)23(29)28-11-9-25(26,10-12-28)19-7-3-16(15-27)4-8-19/h3-4,7-8,13-14,18H,2,5-6,9-12H2,1H3,(H,30,31). The van der Waals surface area contributed by atoms with Crippen molar-refractivity contribution in [1.82, 2.24) is 4.90 Å². The van der Waals surface area contributed by atoms with Crippen molar-refractivity contribution in [2.45, 2.75) is 50.6 Å². The number of piperidine rings is 1. The monoisotopic (exact) mass is 420 g/mol. The Hall–Kier alpha value is -3.20. The second kappa shape index (κ2) is 8.14. The lowest BCUT2D eigenvalue weighted by Gasteiger charge is -2.37. The Bertz CT molecular complexity index is 1060. The highest BCUT2D eigenvalue weighted by molar-refractivity contribution is 5.99. The van der Waals surface area contributed by atoms with Crippen LogP contribution in [0.4, 0.5) is 4.39 Å².